The number of aryl methyl sites for hydroxylation is 2. The highest BCUT2D eigenvalue weighted by Gasteiger charge is 2.28. The van der Waals surface area contributed by atoms with Gasteiger partial charge in [0, 0.05) is 30.6 Å². The fourth-order valence-corrected chi connectivity index (χ4v) is 4.49. The normalized spacial score (nSPS) is 16.2. The van der Waals surface area contributed by atoms with Crippen LogP contribution in [0.2, 0.25) is 0 Å². The molecule has 1 aromatic carbocycles. The van der Waals surface area contributed by atoms with Gasteiger partial charge in [-0.05, 0) is 48.9 Å². The number of rotatable bonds is 4. The number of hydrogen-bond acceptors (Lipinski definition) is 3. The Balaban J connectivity index is 1.72. The summed E-state index contributed by atoms with van der Waals surface area (Å²) >= 11 is 1.57. The Labute approximate surface area is 152 Å². The van der Waals surface area contributed by atoms with E-state index in [-0.39, 0.29) is 17.7 Å². The molecule has 0 bridgehead atoms. The molecule has 0 saturated heterocycles. The molecule has 5 heteroatoms. The largest absolute Gasteiger partial charge is 0.344 e. The number of nitrogens with zero attached hydrogens (tertiary/aromatic N) is 1. The number of hydrogen-bond donors (Lipinski definition) is 1. The second kappa shape index (κ2) is 7.40. The summed E-state index contributed by atoms with van der Waals surface area (Å²) in [7, 11) is 3.53. The standard InChI is InChI=1S/C20H24N2O2S/c1-4-13-7-5-6-8-16(13)21-19(23)14-9-10-17-15(11-14)12-18(25-17)20(24)22(2)3/h5-8,12,14H,4,9-11H2,1-3H3,(H,21,23)/t14-/m1/s1. The van der Waals surface area contributed by atoms with E-state index in [0.717, 1.165) is 41.0 Å². The predicted molar refractivity (Wildman–Crippen MR) is 102 cm³/mol. The second-order valence-electron chi connectivity index (χ2n) is 6.70. The summed E-state index contributed by atoms with van der Waals surface area (Å²) in [5.74, 6) is 0.0878. The van der Waals surface area contributed by atoms with E-state index in [1.807, 2.05) is 30.3 Å². The molecule has 1 aliphatic carbocycles. The molecule has 1 N–H and O–H groups in total. The maximum absolute atomic E-state index is 12.7. The highest BCUT2D eigenvalue weighted by molar-refractivity contribution is 7.14. The van der Waals surface area contributed by atoms with Gasteiger partial charge in [0.2, 0.25) is 5.91 Å². The Morgan fingerprint density at radius 2 is 2.04 bits per heavy atom. The number of amides is 2. The Bertz CT molecular complexity index is 795. The molecule has 1 heterocycles. The van der Waals surface area contributed by atoms with Crippen molar-refractivity contribution in [3.8, 4) is 0 Å². The van der Waals surface area contributed by atoms with Crippen LogP contribution in [0.4, 0.5) is 5.69 Å². The Morgan fingerprint density at radius 1 is 1.28 bits per heavy atom. The molecule has 132 valence electrons. The molecular formula is C20H24N2O2S. The summed E-state index contributed by atoms with van der Waals surface area (Å²) in [6.07, 6.45) is 3.32. The second-order valence-corrected chi connectivity index (χ2v) is 7.84. The zero-order valence-electron chi connectivity index (χ0n) is 15.0. The first kappa shape index (κ1) is 17.7. The SMILES string of the molecule is CCc1ccccc1NC(=O)[C@@H]1CCc2sc(C(=O)N(C)C)cc2C1. The van der Waals surface area contributed by atoms with E-state index in [1.54, 1.807) is 30.3 Å². The van der Waals surface area contributed by atoms with Gasteiger partial charge in [0.1, 0.15) is 0 Å². The van der Waals surface area contributed by atoms with Crippen LogP contribution in [0, 0.1) is 5.92 Å². The maximum atomic E-state index is 12.7. The lowest BCUT2D eigenvalue weighted by Gasteiger charge is -2.22. The lowest BCUT2D eigenvalue weighted by atomic mass is 9.87. The molecule has 0 saturated carbocycles. The van der Waals surface area contributed by atoms with Crippen molar-refractivity contribution < 1.29 is 9.59 Å². The van der Waals surface area contributed by atoms with E-state index >= 15 is 0 Å². The van der Waals surface area contributed by atoms with E-state index in [9.17, 15) is 9.59 Å². The van der Waals surface area contributed by atoms with Crippen LogP contribution >= 0.6 is 11.3 Å². The molecule has 4 nitrogen and oxygen atoms in total. The summed E-state index contributed by atoms with van der Waals surface area (Å²) in [5, 5.41) is 3.10. The molecule has 0 radical (unpaired) electrons. The van der Waals surface area contributed by atoms with Crippen molar-refractivity contribution in [1.82, 2.24) is 4.90 Å². The molecule has 1 aliphatic rings. The average molecular weight is 356 g/mol. The first-order valence-electron chi connectivity index (χ1n) is 8.71. The number of benzene rings is 1. The van der Waals surface area contributed by atoms with Gasteiger partial charge in [0.15, 0.2) is 0 Å². The molecule has 0 unspecified atom stereocenters. The Kier molecular flexibility index (Phi) is 5.23. The number of fused-ring (bicyclic) bond motifs is 1. The van der Waals surface area contributed by atoms with Gasteiger partial charge in [-0.15, -0.1) is 11.3 Å². The number of carbonyl (C=O) groups is 2. The quantitative estimate of drug-likeness (QED) is 0.907. The van der Waals surface area contributed by atoms with Crippen molar-refractivity contribution in [2.75, 3.05) is 19.4 Å². The molecular weight excluding hydrogens is 332 g/mol. The van der Waals surface area contributed by atoms with E-state index in [1.165, 1.54) is 4.88 Å². The monoisotopic (exact) mass is 356 g/mol. The average Bonchev–Trinajstić information content (AvgIpc) is 3.04. The van der Waals surface area contributed by atoms with E-state index in [2.05, 4.69) is 12.2 Å². The topological polar surface area (TPSA) is 49.4 Å². The summed E-state index contributed by atoms with van der Waals surface area (Å²) in [6, 6.07) is 9.93. The third-order valence-electron chi connectivity index (χ3n) is 4.73. The fourth-order valence-electron chi connectivity index (χ4n) is 3.26. The Hall–Kier alpha value is -2.14. The minimum Gasteiger partial charge on any atom is -0.344 e. The van der Waals surface area contributed by atoms with Crippen LogP contribution in [0.3, 0.4) is 0 Å². The van der Waals surface area contributed by atoms with Gasteiger partial charge >= 0.3 is 0 Å². The van der Waals surface area contributed by atoms with Crippen LogP contribution in [0.25, 0.3) is 0 Å². The van der Waals surface area contributed by atoms with Crippen LogP contribution in [-0.2, 0) is 24.1 Å². The predicted octanol–water partition coefficient (Wildman–Crippen LogP) is 3.76. The van der Waals surface area contributed by atoms with Crippen molar-refractivity contribution in [2.45, 2.75) is 32.6 Å². The first-order chi connectivity index (χ1) is 12.0. The van der Waals surface area contributed by atoms with Crippen LogP contribution in [0.1, 0.15) is 39.0 Å². The van der Waals surface area contributed by atoms with Crippen molar-refractivity contribution in [2.24, 2.45) is 5.92 Å². The smallest absolute Gasteiger partial charge is 0.263 e. The number of para-hydroxylation sites is 1. The molecule has 2 aromatic rings. The van der Waals surface area contributed by atoms with Crippen LogP contribution in [0.15, 0.2) is 30.3 Å². The highest BCUT2D eigenvalue weighted by Crippen LogP contribution is 2.33. The molecule has 0 spiro atoms. The zero-order valence-corrected chi connectivity index (χ0v) is 15.8. The molecule has 3 rings (SSSR count). The minimum absolute atomic E-state index is 0.0330. The summed E-state index contributed by atoms with van der Waals surface area (Å²) in [5.41, 5.74) is 3.22. The molecule has 0 aliphatic heterocycles. The van der Waals surface area contributed by atoms with Crippen molar-refractivity contribution >= 4 is 28.8 Å². The lowest BCUT2D eigenvalue weighted by molar-refractivity contribution is -0.120. The van der Waals surface area contributed by atoms with Crippen molar-refractivity contribution in [3.63, 3.8) is 0 Å². The summed E-state index contributed by atoms with van der Waals surface area (Å²) < 4.78 is 0. The number of anilines is 1. The van der Waals surface area contributed by atoms with Gasteiger partial charge in [-0.3, -0.25) is 9.59 Å². The van der Waals surface area contributed by atoms with Gasteiger partial charge in [-0.25, -0.2) is 0 Å². The van der Waals surface area contributed by atoms with Gasteiger partial charge < -0.3 is 10.2 Å². The molecule has 25 heavy (non-hydrogen) atoms. The van der Waals surface area contributed by atoms with Crippen LogP contribution in [-0.4, -0.2) is 30.8 Å². The third-order valence-corrected chi connectivity index (χ3v) is 5.95. The molecule has 1 atom stereocenters. The van der Waals surface area contributed by atoms with Crippen LogP contribution in [0.5, 0.6) is 0 Å². The molecule has 0 fully saturated rings. The van der Waals surface area contributed by atoms with Gasteiger partial charge in [0.25, 0.3) is 5.91 Å². The zero-order chi connectivity index (χ0) is 18.0. The first-order valence-corrected chi connectivity index (χ1v) is 9.53. The van der Waals surface area contributed by atoms with Crippen molar-refractivity contribution in [3.05, 3.63) is 51.2 Å². The number of thiophene rings is 1. The summed E-state index contributed by atoms with van der Waals surface area (Å²) in [4.78, 5) is 28.5. The summed E-state index contributed by atoms with van der Waals surface area (Å²) in [6.45, 7) is 2.09. The fraction of sp³-hybridized carbons (Fsp3) is 0.400. The number of carbonyl (C=O) groups excluding carboxylic acids is 2. The number of nitrogens with one attached hydrogen (secondary N) is 1. The van der Waals surface area contributed by atoms with E-state index in [4.69, 9.17) is 0 Å². The van der Waals surface area contributed by atoms with E-state index < -0.39 is 0 Å². The van der Waals surface area contributed by atoms with Crippen LogP contribution < -0.4 is 5.32 Å². The van der Waals surface area contributed by atoms with Crippen molar-refractivity contribution in [1.29, 1.82) is 0 Å². The van der Waals surface area contributed by atoms with E-state index in [0.29, 0.717) is 6.42 Å². The maximum Gasteiger partial charge on any atom is 0.263 e. The van der Waals surface area contributed by atoms with Gasteiger partial charge in [-0.2, -0.15) is 0 Å². The minimum atomic E-state index is -0.0330. The molecule has 2 amide bonds. The lowest BCUT2D eigenvalue weighted by Crippen LogP contribution is -2.28. The Morgan fingerprint density at radius 3 is 2.76 bits per heavy atom. The third kappa shape index (κ3) is 3.76. The highest BCUT2D eigenvalue weighted by atomic mass is 32.1. The molecule has 1 aromatic heterocycles. The van der Waals surface area contributed by atoms with Gasteiger partial charge in [0.05, 0.1) is 4.88 Å². The van der Waals surface area contributed by atoms with Gasteiger partial charge in [-0.1, -0.05) is 25.1 Å².